The van der Waals surface area contributed by atoms with E-state index in [1.165, 1.54) is 12.8 Å². The van der Waals surface area contributed by atoms with E-state index in [2.05, 4.69) is 4.98 Å². The Hall–Kier alpha value is -0.870. The molecule has 4 heteroatoms. The maximum absolute atomic E-state index is 5.70. The van der Waals surface area contributed by atoms with Crippen LogP contribution in [0.4, 0.5) is 0 Å². The van der Waals surface area contributed by atoms with Gasteiger partial charge in [-0.3, -0.25) is 0 Å². The van der Waals surface area contributed by atoms with Crippen molar-refractivity contribution in [1.29, 1.82) is 0 Å². The molecule has 0 aromatic carbocycles. The normalized spacial score (nSPS) is 18.0. The van der Waals surface area contributed by atoms with Gasteiger partial charge in [0.2, 0.25) is 0 Å². The van der Waals surface area contributed by atoms with Crippen LogP contribution in [0.1, 0.15) is 25.5 Å². The van der Waals surface area contributed by atoms with Crippen LogP contribution in [0.2, 0.25) is 0 Å². The molecular weight excluding hydrogens is 190 g/mol. The first-order valence-electron chi connectivity index (χ1n) is 5.58. The lowest BCUT2D eigenvalue weighted by molar-refractivity contribution is 0.0689. The van der Waals surface area contributed by atoms with Gasteiger partial charge < -0.3 is 15.0 Å². The van der Waals surface area contributed by atoms with Gasteiger partial charge in [-0.05, 0) is 25.7 Å². The number of imidazole rings is 1. The number of nitrogens with zero attached hydrogens (tertiary/aromatic N) is 2. The summed E-state index contributed by atoms with van der Waals surface area (Å²) in [5.74, 6) is 0.817. The first-order chi connectivity index (χ1) is 7.24. The Morgan fingerprint density at radius 2 is 2.47 bits per heavy atom. The third-order valence-corrected chi connectivity index (χ3v) is 2.51. The highest BCUT2D eigenvalue weighted by Gasteiger charge is 2.20. The summed E-state index contributed by atoms with van der Waals surface area (Å²) in [6.45, 7) is 3.49. The summed E-state index contributed by atoms with van der Waals surface area (Å²) < 4.78 is 7.53. The second-order valence-corrected chi connectivity index (χ2v) is 4.50. The van der Waals surface area contributed by atoms with Gasteiger partial charge in [0.15, 0.2) is 0 Å². The largest absolute Gasteiger partial charge is 0.360 e. The second kappa shape index (κ2) is 4.77. The highest BCUT2D eigenvalue weighted by atomic mass is 16.5. The average Bonchev–Trinajstić information content (AvgIpc) is 2.88. The molecule has 1 saturated carbocycles. The van der Waals surface area contributed by atoms with E-state index in [1.54, 1.807) is 0 Å². The Labute approximate surface area is 90.4 Å². The monoisotopic (exact) mass is 209 g/mol. The number of ether oxygens (including phenoxy) is 1. The highest BCUT2D eigenvalue weighted by Crippen LogP contribution is 2.28. The number of nitrogens with two attached hydrogens (primary N) is 1. The lowest BCUT2D eigenvalue weighted by Gasteiger charge is -2.03. The molecular formula is C11H19N3O. The van der Waals surface area contributed by atoms with E-state index < -0.39 is 0 Å². The van der Waals surface area contributed by atoms with Gasteiger partial charge in [0.1, 0.15) is 6.73 Å². The van der Waals surface area contributed by atoms with E-state index in [4.69, 9.17) is 10.5 Å². The van der Waals surface area contributed by atoms with Crippen molar-refractivity contribution in [2.75, 3.05) is 6.61 Å². The Balaban J connectivity index is 1.73. The van der Waals surface area contributed by atoms with Gasteiger partial charge in [-0.25, -0.2) is 4.98 Å². The van der Waals surface area contributed by atoms with E-state index in [-0.39, 0.29) is 6.04 Å². The minimum Gasteiger partial charge on any atom is -0.360 e. The fraction of sp³-hybridized carbons (Fsp3) is 0.727. The van der Waals surface area contributed by atoms with Crippen LogP contribution < -0.4 is 5.73 Å². The molecule has 0 aliphatic heterocycles. The molecule has 0 amide bonds. The molecule has 1 aliphatic carbocycles. The minimum absolute atomic E-state index is 0.167. The molecule has 1 heterocycles. The maximum Gasteiger partial charge on any atom is 0.123 e. The average molecular weight is 209 g/mol. The lowest BCUT2D eigenvalue weighted by atomic mass is 10.2. The number of hydrogen-bond donors (Lipinski definition) is 1. The Morgan fingerprint density at radius 3 is 3.13 bits per heavy atom. The van der Waals surface area contributed by atoms with Crippen molar-refractivity contribution in [3.8, 4) is 0 Å². The van der Waals surface area contributed by atoms with Gasteiger partial charge in [-0.1, -0.05) is 0 Å². The highest BCUT2D eigenvalue weighted by molar-refractivity contribution is 4.98. The molecule has 1 aromatic rings. The molecule has 0 bridgehead atoms. The van der Waals surface area contributed by atoms with Crippen molar-refractivity contribution in [2.45, 2.75) is 39.0 Å². The summed E-state index contributed by atoms with van der Waals surface area (Å²) in [5, 5.41) is 0. The van der Waals surface area contributed by atoms with Gasteiger partial charge in [0.25, 0.3) is 0 Å². The SMILES string of the molecule is CC(N)Cc1cn(COCC2CC2)cn1. The molecule has 0 spiro atoms. The van der Waals surface area contributed by atoms with Gasteiger partial charge in [-0.15, -0.1) is 0 Å². The van der Waals surface area contributed by atoms with Gasteiger partial charge in [0.05, 0.1) is 18.6 Å². The fourth-order valence-corrected chi connectivity index (χ4v) is 1.52. The molecule has 2 N–H and O–H groups in total. The lowest BCUT2D eigenvalue weighted by Crippen LogP contribution is -2.17. The van der Waals surface area contributed by atoms with Crippen LogP contribution in [-0.2, 0) is 17.9 Å². The summed E-state index contributed by atoms with van der Waals surface area (Å²) in [6.07, 6.45) is 7.32. The van der Waals surface area contributed by atoms with Crippen molar-refractivity contribution in [3.63, 3.8) is 0 Å². The van der Waals surface area contributed by atoms with Crippen LogP contribution in [0.3, 0.4) is 0 Å². The van der Waals surface area contributed by atoms with Crippen LogP contribution in [0, 0.1) is 5.92 Å². The van der Waals surface area contributed by atoms with E-state index in [9.17, 15) is 0 Å². The van der Waals surface area contributed by atoms with Crippen LogP contribution in [-0.4, -0.2) is 22.2 Å². The molecule has 1 aliphatic rings. The van der Waals surface area contributed by atoms with Crippen LogP contribution in [0.5, 0.6) is 0 Å². The zero-order valence-corrected chi connectivity index (χ0v) is 9.22. The summed E-state index contributed by atoms with van der Waals surface area (Å²) in [6, 6.07) is 0.167. The van der Waals surface area contributed by atoms with Gasteiger partial charge in [0, 0.05) is 18.7 Å². The van der Waals surface area contributed by atoms with Crippen molar-refractivity contribution >= 4 is 0 Å². The maximum atomic E-state index is 5.70. The fourth-order valence-electron chi connectivity index (χ4n) is 1.52. The topological polar surface area (TPSA) is 53.1 Å². The van der Waals surface area contributed by atoms with Crippen LogP contribution in [0.25, 0.3) is 0 Å². The molecule has 15 heavy (non-hydrogen) atoms. The van der Waals surface area contributed by atoms with E-state index >= 15 is 0 Å². The molecule has 4 nitrogen and oxygen atoms in total. The third kappa shape index (κ3) is 3.64. The van der Waals surface area contributed by atoms with Crippen LogP contribution >= 0.6 is 0 Å². The molecule has 0 radical (unpaired) electrons. The first-order valence-corrected chi connectivity index (χ1v) is 5.58. The zero-order valence-electron chi connectivity index (χ0n) is 9.22. The Morgan fingerprint density at radius 1 is 1.67 bits per heavy atom. The van der Waals surface area contributed by atoms with Gasteiger partial charge in [-0.2, -0.15) is 0 Å². The predicted molar refractivity (Wildman–Crippen MR) is 58.3 cm³/mol. The van der Waals surface area contributed by atoms with Crippen molar-refractivity contribution in [3.05, 3.63) is 18.2 Å². The number of rotatable bonds is 6. The first kappa shape index (κ1) is 10.6. The zero-order chi connectivity index (χ0) is 10.7. The van der Waals surface area contributed by atoms with E-state index in [0.717, 1.165) is 24.6 Å². The molecule has 1 fully saturated rings. The smallest absolute Gasteiger partial charge is 0.123 e. The predicted octanol–water partition coefficient (Wildman–Crippen LogP) is 1.16. The molecule has 2 rings (SSSR count). The Bertz CT molecular complexity index is 305. The molecule has 1 atom stereocenters. The molecule has 84 valence electrons. The molecule has 1 aromatic heterocycles. The number of hydrogen-bond acceptors (Lipinski definition) is 3. The standard InChI is InChI=1S/C11H19N3O/c1-9(12)4-11-5-14(7-13-11)8-15-6-10-2-3-10/h5,7,9-10H,2-4,6,8,12H2,1H3. The quantitative estimate of drug-likeness (QED) is 0.765. The van der Waals surface area contributed by atoms with Crippen molar-refractivity contribution < 1.29 is 4.74 Å². The summed E-state index contributed by atoms with van der Waals surface area (Å²) in [7, 11) is 0. The third-order valence-electron chi connectivity index (χ3n) is 2.51. The van der Waals surface area contributed by atoms with E-state index in [1.807, 2.05) is 24.0 Å². The van der Waals surface area contributed by atoms with Crippen molar-refractivity contribution in [1.82, 2.24) is 9.55 Å². The summed E-state index contributed by atoms with van der Waals surface area (Å²) >= 11 is 0. The van der Waals surface area contributed by atoms with Crippen molar-refractivity contribution in [2.24, 2.45) is 11.7 Å². The second-order valence-electron chi connectivity index (χ2n) is 4.50. The minimum atomic E-state index is 0.167. The van der Waals surface area contributed by atoms with E-state index in [0.29, 0.717) is 6.73 Å². The molecule has 1 unspecified atom stereocenters. The van der Waals surface area contributed by atoms with Crippen LogP contribution in [0.15, 0.2) is 12.5 Å². The summed E-state index contributed by atoms with van der Waals surface area (Å²) in [4.78, 5) is 4.27. The van der Waals surface area contributed by atoms with Gasteiger partial charge >= 0.3 is 0 Å². The number of aromatic nitrogens is 2. The molecule has 0 saturated heterocycles. The Kier molecular flexibility index (Phi) is 3.38. The summed E-state index contributed by atoms with van der Waals surface area (Å²) in [5.41, 5.74) is 6.74.